The van der Waals surface area contributed by atoms with Gasteiger partial charge in [-0.05, 0) is 61.8 Å². The van der Waals surface area contributed by atoms with Crippen molar-refractivity contribution >= 4 is 40.0 Å². The number of rotatable bonds is 6. The molecule has 1 atom stereocenters. The number of pyridine rings is 1. The van der Waals surface area contributed by atoms with Crippen LogP contribution in [0.4, 0.5) is 5.82 Å². The predicted octanol–water partition coefficient (Wildman–Crippen LogP) is 5.34. The Bertz CT molecular complexity index is 1260. The Morgan fingerprint density at radius 3 is 2.67 bits per heavy atom. The largest absolute Gasteiger partial charge is 0.390 e. The number of H-pyrrole nitrogens is 1. The van der Waals surface area contributed by atoms with Gasteiger partial charge in [0.2, 0.25) is 0 Å². The minimum atomic E-state index is 0.383. The third-order valence-electron chi connectivity index (χ3n) is 8.02. The maximum Gasteiger partial charge on any atom is 0.156 e. The number of fused-ring (bicyclic) bond motifs is 1. The van der Waals surface area contributed by atoms with E-state index in [2.05, 4.69) is 54.5 Å². The summed E-state index contributed by atoms with van der Waals surface area (Å²) in [4.78, 5) is 28.6. The second-order valence-electron chi connectivity index (χ2n) is 10.2. The lowest BCUT2D eigenvalue weighted by molar-refractivity contribution is -0.117. The number of aryl methyl sites for hydroxylation is 1. The number of aromatic amines is 1. The molecule has 2 fully saturated rings. The number of thiophene rings is 1. The number of aldehydes is 1. The van der Waals surface area contributed by atoms with E-state index in [-0.39, 0.29) is 0 Å². The first-order valence-corrected chi connectivity index (χ1v) is 12.6. The summed E-state index contributed by atoms with van der Waals surface area (Å²) in [6.07, 6.45) is 6.80. The van der Waals surface area contributed by atoms with Crippen LogP contribution in [0, 0.1) is 26.2 Å². The zero-order valence-electron chi connectivity index (χ0n) is 20.2. The molecule has 0 aromatic carbocycles. The van der Waals surface area contributed by atoms with Gasteiger partial charge in [0.1, 0.15) is 11.1 Å². The second kappa shape index (κ2) is 8.06. The monoisotopic (exact) mass is 463 g/mol. The molecule has 5 rings (SSSR count). The molecule has 174 valence electrons. The maximum absolute atomic E-state index is 10.9. The van der Waals surface area contributed by atoms with Crippen molar-refractivity contribution in [2.24, 2.45) is 16.1 Å². The van der Waals surface area contributed by atoms with E-state index in [1.165, 1.54) is 51.8 Å². The third kappa shape index (κ3) is 3.28. The van der Waals surface area contributed by atoms with Crippen LogP contribution in [0.25, 0.3) is 21.5 Å². The molecule has 1 aliphatic heterocycles. The maximum atomic E-state index is 10.9. The number of carbonyl (C=O) groups excluding carboxylic acids is 1. The van der Waals surface area contributed by atoms with Crippen LogP contribution in [0.2, 0.25) is 0 Å². The summed E-state index contributed by atoms with van der Waals surface area (Å²) in [5.74, 6) is 1.68. The quantitative estimate of drug-likeness (QED) is 0.294. The van der Waals surface area contributed by atoms with Crippen molar-refractivity contribution < 1.29 is 4.79 Å². The number of nitrogens with one attached hydrogen (secondary N) is 1. The molecule has 3 aromatic heterocycles. The van der Waals surface area contributed by atoms with Crippen LogP contribution >= 0.6 is 11.3 Å². The van der Waals surface area contributed by atoms with Gasteiger partial charge in [0.25, 0.3) is 0 Å². The minimum absolute atomic E-state index is 0.383. The molecule has 0 bridgehead atoms. The van der Waals surface area contributed by atoms with E-state index in [4.69, 9.17) is 5.73 Å². The van der Waals surface area contributed by atoms with Gasteiger partial charge in [-0.1, -0.05) is 13.8 Å². The Labute approximate surface area is 199 Å². The van der Waals surface area contributed by atoms with Gasteiger partial charge in [0, 0.05) is 46.4 Å². The normalized spacial score (nSPS) is 20.1. The summed E-state index contributed by atoms with van der Waals surface area (Å²) in [5, 5.41) is 1.40. The lowest BCUT2D eigenvalue weighted by Crippen LogP contribution is -2.63. The molecular weight excluding hydrogens is 430 g/mol. The molecule has 1 unspecified atom stereocenters. The van der Waals surface area contributed by atoms with E-state index in [1.807, 2.05) is 17.5 Å². The highest BCUT2D eigenvalue weighted by atomic mass is 32.1. The van der Waals surface area contributed by atoms with E-state index in [0.717, 1.165) is 30.5 Å². The topological polar surface area (TPSA) is 87.4 Å². The minimum Gasteiger partial charge on any atom is -0.390 e. The Kier molecular flexibility index (Phi) is 5.45. The number of aromatic nitrogens is 2. The van der Waals surface area contributed by atoms with Crippen LogP contribution in [-0.4, -0.2) is 47.1 Å². The fourth-order valence-corrected chi connectivity index (χ4v) is 7.58. The molecule has 3 aromatic rings. The number of nitrogens with two attached hydrogens (primary N) is 1. The van der Waals surface area contributed by atoms with Crippen molar-refractivity contribution in [2.75, 3.05) is 19.6 Å². The van der Waals surface area contributed by atoms with Crippen molar-refractivity contribution in [3.63, 3.8) is 0 Å². The molecule has 33 heavy (non-hydrogen) atoms. The highest BCUT2D eigenvalue weighted by Gasteiger charge is 2.55. The van der Waals surface area contributed by atoms with Crippen LogP contribution in [-0.2, 0) is 4.79 Å². The first kappa shape index (κ1) is 22.3. The fourth-order valence-electron chi connectivity index (χ4n) is 6.08. The van der Waals surface area contributed by atoms with Gasteiger partial charge in [-0.15, -0.1) is 11.3 Å². The zero-order chi connectivity index (χ0) is 23.5. The van der Waals surface area contributed by atoms with Gasteiger partial charge in [0.15, 0.2) is 5.82 Å². The lowest BCUT2D eigenvalue weighted by atomic mass is 9.55. The standard InChI is InChI=1S/C26H33N5OS/c1-14(2)20-21-17(5)23(19-6-7-26(19)11-31(12-26)8-9-32)33-25(21)30-22(20)18-10-28-24(29-13-27)16(4)15(18)3/h9-10,13-14,19,30H,6-8,11-12H2,1-5H3,(H2,27,28,29). The lowest BCUT2D eigenvalue weighted by Gasteiger charge is -2.60. The highest BCUT2D eigenvalue weighted by Crippen LogP contribution is 2.60. The molecule has 1 saturated heterocycles. The molecule has 7 heteroatoms. The predicted molar refractivity (Wildman–Crippen MR) is 137 cm³/mol. The van der Waals surface area contributed by atoms with Crippen molar-refractivity contribution in [3.05, 3.63) is 33.3 Å². The van der Waals surface area contributed by atoms with Crippen LogP contribution in [0.15, 0.2) is 11.2 Å². The van der Waals surface area contributed by atoms with E-state index in [1.54, 1.807) is 4.88 Å². The van der Waals surface area contributed by atoms with Crippen LogP contribution < -0.4 is 5.73 Å². The molecule has 6 nitrogen and oxygen atoms in total. The van der Waals surface area contributed by atoms with Gasteiger partial charge in [-0.3, -0.25) is 4.90 Å². The van der Waals surface area contributed by atoms with E-state index >= 15 is 0 Å². The first-order chi connectivity index (χ1) is 15.8. The SMILES string of the molecule is Cc1c(-c2[nH]c3sc(C4CCC45CN(CC=O)C5)c(C)c3c2C(C)C)cnc(N=CN)c1C. The smallest absolute Gasteiger partial charge is 0.156 e. The number of carbonyl (C=O) groups is 1. The Morgan fingerprint density at radius 2 is 2.06 bits per heavy atom. The van der Waals surface area contributed by atoms with Crippen molar-refractivity contribution in [2.45, 2.75) is 59.3 Å². The second-order valence-corrected chi connectivity index (χ2v) is 11.2. The van der Waals surface area contributed by atoms with Gasteiger partial charge in [-0.2, -0.15) is 0 Å². The molecule has 0 radical (unpaired) electrons. The highest BCUT2D eigenvalue weighted by molar-refractivity contribution is 7.19. The van der Waals surface area contributed by atoms with Gasteiger partial charge in [0.05, 0.1) is 18.6 Å². The first-order valence-electron chi connectivity index (χ1n) is 11.8. The molecule has 4 heterocycles. The molecule has 0 amide bonds. The average Bonchev–Trinajstić information content (AvgIpc) is 3.24. The molecule has 1 saturated carbocycles. The number of nitrogens with zero attached hydrogens (tertiary/aromatic N) is 3. The van der Waals surface area contributed by atoms with Gasteiger partial charge in [-0.25, -0.2) is 9.98 Å². The Hall–Kier alpha value is -2.51. The van der Waals surface area contributed by atoms with Crippen molar-refractivity contribution in [3.8, 4) is 11.3 Å². The summed E-state index contributed by atoms with van der Waals surface area (Å²) >= 11 is 1.94. The number of likely N-dealkylation sites (tertiary alicyclic amines) is 1. The molecule has 1 aliphatic carbocycles. The Balaban J connectivity index is 1.57. The zero-order valence-corrected chi connectivity index (χ0v) is 21.0. The van der Waals surface area contributed by atoms with Gasteiger partial charge >= 0.3 is 0 Å². The average molecular weight is 464 g/mol. The number of hydrogen-bond donors (Lipinski definition) is 2. The van der Waals surface area contributed by atoms with Crippen molar-refractivity contribution in [1.29, 1.82) is 0 Å². The molecule has 2 aliphatic rings. The van der Waals surface area contributed by atoms with E-state index in [9.17, 15) is 4.79 Å². The summed E-state index contributed by atoms with van der Waals surface area (Å²) in [7, 11) is 0. The number of aliphatic imine (C=N–C) groups is 1. The molecular formula is C26H33N5OS. The van der Waals surface area contributed by atoms with Gasteiger partial charge < -0.3 is 15.5 Å². The third-order valence-corrected chi connectivity index (χ3v) is 9.34. The summed E-state index contributed by atoms with van der Waals surface area (Å²) in [6.45, 7) is 13.7. The number of hydrogen-bond acceptors (Lipinski definition) is 5. The summed E-state index contributed by atoms with van der Waals surface area (Å²) < 4.78 is 0. The Morgan fingerprint density at radius 1 is 1.30 bits per heavy atom. The van der Waals surface area contributed by atoms with E-state index in [0.29, 0.717) is 29.6 Å². The molecule has 3 N–H and O–H groups in total. The summed E-state index contributed by atoms with van der Waals surface area (Å²) in [6, 6.07) is 0. The fraction of sp³-hybridized carbons (Fsp3) is 0.500. The van der Waals surface area contributed by atoms with Crippen LogP contribution in [0.1, 0.15) is 65.7 Å². The van der Waals surface area contributed by atoms with E-state index < -0.39 is 0 Å². The molecule has 1 spiro atoms. The van der Waals surface area contributed by atoms with Crippen molar-refractivity contribution in [1.82, 2.24) is 14.9 Å². The van der Waals surface area contributed by atoms with Crippen LogP contribution in [0.3, 0.4) is 0 Å². The van der Waals surface area contributed by atoms with Crippen LogP contribution in [0.5, 0.6) is 0 Å². The summed E-state index contributed by atoms with van der Waals surface area (Å²) in [5.41, 5.74) is 13.3.